The van der Waals surface area contributed by atoms with E-state index in [1.165, 1.54) is 11.8 Å². The zero-order chi connectivity index (χ0) is 29.7. The molecule has 2 heterocycles. The van der Waals surface area contributed by atoms with Gasteiger partial charge in [-0.05, 0) is 62.1 Å². The average molecular weight is 589 g/mol. The predicted octanol–water partition coefficient (Wildman–Crippen LogP) is 5.43. The first-order valence-corrected chi connectivity index (χ1v) is 14.4. The maximum atomic E-state index is 13.5. The van der Waals surface area contributed by atoms with Gasteiger partial charge in [-0.3, -0.25) is 19.1 Å². The Labute approximate surface area is 249 Å². The molecule has 0 aliphatic carbocycles. The van der Waals surface area contributed by atoms with Crippen molar-refractivity contribution >= 4 is 46.1 Å². The Kier molecular flexibility index (Phi) is 9.53. The van der Waals surface area contributed by atoms with Crippen LogP contribution in [0.4, 0.5) is 5.82 Å². The van der Waals surface area contributed by atoms with Crippen LogP contribution in [0.5, 0.6) is 11.5 Å². The smallest absolute Gasteiger partial charge is 0.270 e. The van der Waals surface area contributed by atoms with E-state index < -0.39 is 0 Å². The number of anilines is 1. The molecule has 2 aromatic carbocycles. The number of amides is 1. The molecule has 1 fully saturated rings. The van der Waals surface area contributed by atoms with Crippen LogP contribution in [0.15, 0.2) is 52.2 Å². The van der Waals surface area contributed by atoms with Crippen molar-refractivity contribution in [3.05, 3.63) is 91.1 Å². The van der Waals surface area contributed by atoms with E-state index in [0.717, 1.165) is 16.7 Å². The van der Waals surface area contributed by atoms with Gasteiger partial charge >= 0.3 is 0 Å². The fourth-order valence-electron chi connectivity index (χ4n) is 4.66. The summed E-state index contributed by atoms with van der Waals surface area (Å²) in [7, 11) is 3.18. The van der Waals surface area contributed by atoms with Crippen LogP contribution in [0, 0.1) is 25.2 Å². The van der Waals surface area contributed by atoms with Crippen molar-refractivity contribution in [2.24, 2.45) is 0 Å². The van der Waals surface area contributed by atoms with Gasteiger partial charge in [-0.1, -0.05) is 59.9 Å². The van der Waals surface area contributed by atoms with Crippen molar-refractivity contribution < 1.29 is 14.3 Å². The zero-order valence-electron chi connectivity index (χ0n) is 23.7. The molecule has 0 atom stereocenters. The lowest BCUT2D eigenvalue weighted by Gasteiger charge is -2.19. The molecule has 1 aliphatic heterocycles. The number of nitrogens with zero attached hydrogens (tertiary/aromatic N) is 3. The number of carbonyl (C=O) groups excluding carboxylic acids is 1. The minimum atomic E-state index is -0.370. The number of methoxy groups -OCH3 is 2. The fraction of sp³-hybridized carbons (Fsp3) is 0.290. The Bertz CT molecular complexity index is 1620. The molecule has 0 bridgehead atoms. The lowest BCUT2D eigenvalue weighted by Crippen LogP contribution is -2.28. The molecule has 1 saturated heterocycles. The molecule has 10 heteroatoms. The van der Waals surface area contributed by atoms with Crippen molar-refractivity contribution in [1.29, 1.82) is 5.26 Å². The van der Waals surface area contributed by atoms with Crippen LogP contribution < -0.4 is 20.3 Å². The predicted molar refractivity (Wildman–Crippen MR) is 167 cm³/mol. The SMILES string of the molecule is CCn1c(NCCc2ccc(OC)c(OC)c2)c(/C=C2/SC(=S)N(Cc3ccc(C)cc3)C2=O)c(C)c(C#N)c1=O. The molecule has 3 aromatic rings. The Morgan fingerprint density at radius 3 is 2.37 bits per heavy atom. The van der Waals surface area contributed by atoms with Crippen LogP contribution in [-0.4, -0.2) is 40.5 Å². The van der Waals surface area contributed by atoms with Crippen molar-refractivity contribution in [3.63, 3.8) is 0 Å². The Morgan fingerprint density at radius 2 is 1.73 bits per heavy atom. The van der Waals surface area contributed by atoms with Gasteiger partial charge in [-0.2, -0.15) is 5.26 Å². The number of rotatable bonds is 10. The summed E-state index contributed by atoms with van der Waals surface area (Å²) in [6.45, 7) is 6.81. The Hall–Kier alpha value is -4.07. The molecule has 212 valence electrons. The third-order valence-electron chi connectivity index (χ3n) is 6.96. The number of thiocarbonyl (C=S) groups is 1. The van der Waals surface area contributed by atoms with Crippen LogP contribution in [-0.2, 0) is 24.3 Å². The van der Waals surface area contributed by atoms with Crippen molar-refractivity contribution in [2.45, 2.75) is 40.3 Å². The summed E-state index contributed by atoms with van der Waals surface area (Å²) in [5.74, 6) is 1.63. The average Bonchev–Trinajstić information content (AvgIpc) is 3.23. The molecule has 8 nitrogen and oxygen atoms in total. The van der Waals surface area contributed by atoms with Crippen LogP contribution in [0.25, 0.3) is 6.08 Å². The maximum Gasteiger partial charge on any atom is 0.270 e. The number of ether oxygens (including phenoxy) is 2. The molecule has 0 radical (unpaired) electrons. The van der Waals surface area contributed by atoms with Crippen molar-refractivity contribution in [1.82, 2.24) is 9.47 Å². The lowest BCUT2D eigenvalue weighted by atomic mass is 10.0. The van der Waals surface area contributed by atoms with E-state index in [4.69, 9.17) is 21.7 Å². The van der Waals surface area contributed by atoms with Gasteiger partial charge in [0, 0.05) is 18.7 Å². The van der Waals surface area contributed by atoms with Crippen molar-refractivity contribution in [3.8, 4) is 17.6 Å². The standard InChI is InChI=1S/C31H32N4O4S2/c1-6-34-28(33-14-13-21-11-12-25(38-4)26(15-21)39-5)23(20(3)24(17-32)29(34)36)16-27-30(37)35(31(40)41-27)18-22-9-7-19(2)8-10-22/h7-12,15-16,33H,6,13-14,18H2,1-5H3/b27-16+. The molecule has 41 heavy (non-hydrogen) atoms. The summed E-state index contributed by atoms with van der Waals surface area (Å²) in [5, 5.41) is 13.2. The van der Waals surface area contributed by atoms with Gasteiger partial charge in [0.2, 0.25) is 0 Å². The van der Waals surface area contributed by atoms with Gasteiger partial charge in [0.1, 0.15) is 21.8 Å². The highest BCUT2D eigenvalue weighted by Crippen LogP contribution is 2.36. The Balaban J connectivity index is 1.67. The monoisotopic (exact) mass is 588 g/mol. The highest BCUT2D eigenvalue weighted by molar-refractivity contribution is 8.26. The second-order valence-electron chi connectivity index (χ2n) is 9.54. The number of aryl methyl sites for hydroxylation is 1. The first-order chi connectivity index (χ1) is 19.7. The minimum absolute atomic E-state index is 0.0543. The molecule has 0 spiro atoms. The molecular formula is C31H32N4O4S2. The number of nitriles is 1. The van der Waals surface area contributed by atoms with E-state index in [-0.39, 0.29) is 17.0 Å². The van der Waals surface area contributed by atoms with Crippen LogP contribution >= 0.6 is 24.0 Å². The van der Waals surface area contributed by atoms with E-state index in [9.17, 15) is 14.9 Å². The maximum absolute atomic E-state index is 13.5. The van der Waals surface area contributed by atoms with E-state index in [1.54, 1.807) is 36.7 Å². The number of nitrogens with one attached hydrogen (secondary N) is 1. The summed E-state index contributed by atoms with van der Waals surface area (Å²) >= 11 is 6.79. The largest absolute Gasteiger partial charge is 0.493 e. The van der Waals surface area contributed by atoms with E-state index in [0.29, 0.717) is 63.7 Å². The molecule has 1 aromatic heterocycles. The molecule has 1 amide bonds. The van der Waals surface area contributed by atoms with E-state index in [2.05, 4.69) is 11.4 Å². The number of benzene rings is 2. The minimum Gasteiger partial charge on any atom is -0.493 e. The molecular weight excluding hydrogens is 556 g/mol. The fourth-order valence-corrected chi connectivity index (χ4v) is 5.90. The number of carbonyl (C=O) groups is 1. The van der Waals surface area contributed by atoms with Gasteiger partial charge in [0.15, 0.2) is 11.5 Å². The second-order valence-corrected chi connectivity index (χ2v) is 11.2. The van der Waals surface area contributed by atoms with Gasteiger partial charge in [-0.25, -0.2) is 0 Å². The number of hydrogen-bond donors (Lipinski definition) is 1. The van der Waals surface area contributed by atoms with Crippen LogP contribution in [0.1, 0.15) is 40.3 Å². The first kappa shape index (κ1) is 29.9. The summed E-state index contributed by atoms with van der Waals surface area (Å²) in [6.07, 6.45) is 2.38. The van der Waals surface area contributed by atoms with Gasteiger partial charge in [0.05, 0.1) is 25.7 Å². The molecule has 1 aliphatic rings. The van der Waals surface area contributed by atoms with E-state index >= 15 is 0 Å². The van der Waals surface area contributed by atoms with Crippen molar-refractivity contribution in [2.75, 3.05) is 26.1 Å². The molecule has 4 rings (SSSR count). The number of thioether (sulfide) groups is 1. The quantitative estimate of drug-likeness (QED) is 0.247. The van der Waals surface area contributed by atoms with Gasteiger partial charge in [0.25, 0.3) is 11.5 Å². The second kappa shape index (κ2) is 13.1. The summed E-state index contributed by atoms with van der Waals surface area (Å²) in [4.78, 5) is 28.7. The molecule has 1 N–H and O–H groups in total. The number of aromatic nitrogens is 1. The lowest BCUT2D eigenvalue weighted by molar-refractivity contribution is -0.122. The number of pyridine rings is 1. The third kappa shape index (κ3) is 6.32. The summed E-state index contributed by atoms with van der Waals surface area (Å²) in [5.41, 5.74) is 3.95. The topological polar surface area (TPSA) is 96.6 Å². The van der Waals surface area contributed by atoms with E-state index in [1.807, 2.05) is 56.3 Å². The normalized spacial score (nSPS) is 14.0. The molecule has 0 unspecified atom stereocenters. The van der Waals surface area contributed by atoms with Gasteiger partial charge < -0.3 is 14.8 Å². The van der Waals surface area contributed by atoms with Crippen LogP contribution in [0.3, 0.4) is 0 Å². The number of hydrogen-bond acceptors (Lipinski definition) is 8. The Morgan fingerprint density at radius 1 is 1.05 bits per heavy atom. The highest BCUT2D eigenvalue weighted by Gasteiger charge is 2.33. The third-order valence-corrected chi connectivity index (χ3v) is 8.33. The van der Waals surface area contributed by atoms with Crippen LogP contribution in [0.2, 0.25) is 0 Å². The first-order valence-electron chi connectivity index (χ1n) is 13.2. The van der Waals surface area contributed by atoms with Gasteiger partial charge in [-0.15, -0.1) is 0 Å². The molecule has 0 saturated carbocycles. The highest BCUT2D eigenvalue weighted by atomic mass is 32.2. The zero-order valence-corrected chi connectivity index (χ0v) is 25.4. The summed E-state index contributed by atoms with van der Waals surface area (Å²) in [6, 6.07) is 15.8. The summed E-state index contributed by atoms with van der Waals surface area (Å²) < 4.78 is 12.8.